The number of benzene rings is 2. The molecule has 3 aromatic rings. The average molecular weight is 348 g/mol. The number of nitrogens with zero attached hydrogens (tertiary/aromatic N) is 1. The van der Waals surface area contributed by atoms with Crippen LogP contribution in [0.1, 0.15) is 35.6 Å². The van der Waals surface area contributed by atoms with Crippen molar-refractivity contribution in [1.82, 2.24) is 9.88 Å². The number of aromatic amines is 1. The molecule has 26 heavy (non-hydrogen) atoms. The van der Waals surface area contributed by atoms with E-state index in [1.807, 2.05) is 30.3 Å². The van der Waals surface area contributed by atoms with Crippen LogP contribution in [0.15, 0.2) is 59.4 Å². The van der Waals surface area contributed by atoms with Crippen molar-refractivity contribution in [3.63, 3.8) is 0 Å². The molecule has 1 aliphatic carbocycles. The maximum atomic E-state index is 12.6. The maximum Gasteiger partial charge on any atom is 0.252 e. The van der Waals surface area contributed by atoms with Gasteiger partial charge in [-0.3, -0.25) is 9.69 Å². The molecule has 4 heteroatoms. The van der Waals surface area contributed by atoms with Gasteiger partial charge in [0.2, 0.25) is 0 Å². The number of hydrogen-bond donors (Lipinski definition) is 2. The molecule has 2 aromatic carbocycles. The number of H-pyrrole nitrogens is 1. The van der Waals surface area contributed by atoms with E-state index in [1.165, 1.54) is 11.1 Å². The van der Waals surface area contributed by atoms with Crippen LogP contribution in [0.25, 0.3) is 10.9 Å². The third kappa shape index (κ3) is 3.30. The van der Waals surface area contributed by atoms with E-state index in [0.717, 1.165) is 35.9 Å². The highest BCUT2D eigenvalue weighted by Crippen LogP contribution is 2.36. The molecule has 2 N–H and O–H groups in total. The number of hydrogen-bond acceptors (Lipinski definition) is 3. The van der Waals surface area contributed by atoms with Gasteiger partial charge >= 0.3 is 0 Å². The Morgan fingerprint density at radius 1 is 1.12 bits per heavy atom. The molecule has 1 aliphatic rings. The number of fused-ring (bicyclic) bond motifs is 2. The quantitative estimate of drug-likeness (QED) is 0.718. The first kappa shape index (κ1) is 17.0. The van der Waals surface area contributed by atoms with Gasteiger partial charge in [-0.25, -0.2) is 0 Å². The van der Waals surface area contributed by atoms with Crippen LogP contribution in [0.3, 0.4) is 0 Å². The number of pyridine rings is 1. The summed E-state index contributed by atoms with van der Waals surface area (Å²) in [5.74, 6) is 0. The van der Waals surface area contributed by atoms with Gasteiger partial charge in [-0.15, -0.1) is 0 Å². The van der Waals surface area contributed by atoms with Gasteiger partial charge in [-0.1, -0.05) is 42.5 Å². The number of rotatable bonds is 6. The summed E-state index contributed by atoms with van der Waals surface area (Å²) in [5.41, 5.74) is 4.39. The Balaban J connectivity index is 1.66. The molecule has 0 fully saturated rings. The molecule has 0 aliphatic heterocycles. The zero-order valence-electron chi connectivity index (χ0n) is 14.8. The number of para-hydroxylation sites is 1. The van der Waals surface area contributed by atoms with Gasteiger partial charge in [0.1, 0.15) is 0 Å². The average Bonchev–Trinajstić information content (AvgIpc) is 3.09. The third-order valence-corrected chi connectivity index (χ3v) is 5.35. The van der Waals surface area contributed by atoms with Gasteiger partial charge in [-0.2, -0.15) is 0 Å². The number of nitrogens with one attached hydrogen (secondary N) is 1. The van der Waals surface area contributed by atoms with Crippen LogP contribution in [0.5, 0.6) is 0 Å². The molecule has 0 unspecified atom stereocenters. The normalized spacial score (nSPS) is 16.3. The van der Waals surface area contributed by atoms with Crippen molar-refractivity contribution in [2.75, 3.05) is 13.2 Å². The molecular weight excluding hydrogens is 324 g/mol. The van der Waals surface area contributed by atoms with Gasteiger partial charge in [0.15, 0.2) is 0 Å². The van der Waals surface area contributed by atoms with Crippen molar-refractivity contribution < 1.29 is 5.11 Å². The lowest BCUT2D eigenvalue weighted by molar-refractivity contribution is 0.165. The minimum atomic E-state index is -0.0241. The molecule has 0 amide bonds. The van der Waals surface area contributed by atoms with E-state index in [1.54, 1.807) is 0 Å². The predicted octanol–water partition coefficient (Wildman–Crippen LogP) is 3.40. The van der Waals surface area contributed by atoms with Crippen LogP contribution < -0.4 is 5.56 Å². The minimum Gasteiger partial charge on any atom is -0.396 e. The van der Waals surface area contributed by atoms with Crippen molar-refractivity contribution in [1.29, 1.82) is 0 Å². The fourth-order valence-corrected chi connectivity index (χ4v) is 4.06. The first-order chi connectivity index (χ1) is 12.8. The summed E-state index contributed by atoms with van der Waals surface area (Å²) < 4.78 is 0. The Morgan fingerprint density at radius 2 is 1.92 bits per heavy atom. The SMILES string of the molecule is O=c1[nH]c2ccccc2cc1CN(CCCO)[C@@H]1CCc2ccccc21. The lowest BCUT2D eigenvalue weighted by Gasteiger charge is -2.29. The molecule has 4 nitrogen and oxygen atoms in total. The summed E-state index contributed by atoms with van der Waals surface area (Å²) in [6, 6.07) is 18.8. The van der Waals surface area contributed by atoms with E-state index in [2.05, 4.69) is 34.1 Å². The summed E-state index contributed by atoms with van der Waals surface area (Å²) in [6.07, 6.45) is 2.85. The van der Waals surface area contributed by atoms with Crippen LogP contribution in [0.2, 0.25) is 0 Å². The van der Waals surface area contributed by atoms with E-state index in [9.17, 15) is 9.90 Å². The Kier molecular flexibility index (Phi) is 4.87. The summed E-state index contributed by atoms with van der Waals surface area (Å²) in [4.78, 5) is 17.9. The highest BCUT2D eigenvalue weighted by atomic mass is 16.3. The Hall–Kier alpha value is -2.43. The number of aliphatic hydroxyl groups excluding tert-OH is 1. The van der Waals surface area contributed by atoms with E-state index >= 15 is 0 Å². The van der Waals surface area contributed by atoms with Gasteiger partial charge in [-0.05, 0) is 47.9 Å². The van der Waals surface area contributed by atoms with Crippen LogP contribution in [-0.4, -0.2) is 28.1 Å². The fraction of sp³-hybridized carbons (Fsp3) is 0.318. The smallest absolute Gasteiger partial charge is 0.252 e. The lowest BCUT2D eigenvalue weighted by Crippen LogP contribution is -2.31. The summed E-state index contributed by atoms with van der Waals surface area (Å²) in [5, 5.41) is 10.4. The fourth-order valence-electron chi connectivity index (χ4n) is 4.06. The van der Waals surface area contributed by atoms with Crippen LogP contribution in [0, 0.1) is 0 Å². The molecule has 0 bridgehead atoms. The summed E-state index contributed by atoms with van der Waals surface area (Å²) in [6.45, 7) is 1.54. The zero-order valence-corrected chi connectivity index (χ0v) is 14.8. The molecule has 0 radical (unpaired) electrons. The van der Waals surface area contributed by atoms with E-state index in [0.29, 0.717) is 19.0 Å². The number of aromatic nitrogens is 1. The van der Waals surface area contributed by atoms with Crippen molar-refractivity contribution in [2.24, 2.45) is 0 Å². The summed E-state index contributed by atoms with van der Waals surface area (Å²) >= 11 is 0. The minimum absolute atomic E-state index is 0.0241. The van der Waals surface area contributed by atoms with Crippen molar-refractivity contribution in [3.8, 4) is 0 Å². The largest absolute Gasteiger partial charge is 0.396 e. The maximum absolute atomic E-state index is 12.6. The van der Waals surface area contributed by atoms with Gasteiger partial charge < -0.3 is 10.1 Å². The van der Waals surface area contributed by atoms with Gasteiger partial charge in [0, 0.05) is 36.8 Å². The monoisotopic (exact) mass is 348 g/mol. The second-order valence-corrected chi connectivity index (χ2v) is 7.01. The Labute approximate surface area is 153 Å². The van der Waals surface area contributed by atoms with Crippen molar-refractivity contribution in [2.45, 2.75) is 31.8 Å². The molecule has 1 aromatic heterocycles. The van der Waals surface area contributed by atoms with E-state index in [-0.39, 0.29) is 12.2 Å². The van der Waals surface area contributed by atoms with E-state index < -0.39 is 0 Å². The third-order valence-electron chi connectivity index (χ3n) is 5.35. The van der Waals surface area contributed by atoms with Gasteiger partial charge in [0.05, 0.1) is 0 Å². The first-order valence-corrected chi connectivity index (χ1v) is 9.30. The standard InChI is InChI=1S/C22H24N2O2/c25-13-5-12-24(21-11-10-16-6-1-3-8-19(16)21)15-18-14-17-7-2-4-9-20(17)23-22(18)26/h1-4,6-9,14,21,25H,5,10-13,15H2,(H,23,26)/t21-/m1/s1. The molecule has 1 atom stereocenters. The van der Waals surface area contributed by atoms with Crippen molar-refractivity contribution >= 4 is 10.9 Å². The van der Waals surface area contributed by atoms with Crippen molar-refractivity contribution in [3.05, 3.63) is 81.6 Å². The van der Waals surface area contributed by atoms with Crippen LogP contribution in [0.4, 0.5) is 0 Å². The zero-order chi connectivity index (χ0) is 17.9. The molecule has 0 saturated carbocycles. The molecular formula is C22H24N2O2. The second kappa shape index (κ2) is 7.44. The van der Waals surface area contributed by atoms with Crippen LogP contribution in [-0.2, 0) is 13.0 Å². The lowest BCUT2D eigenvalue weighted by atomic mass is 10.1. The van der Waals surface area contributed by atoms with Crippen LogP contribution >= 0.6 is 0 Å². The Morgan fingerprint density at radius 3 is 2.81 bits per heavy atom. The topological polar surface area (TPSA) is 56.3 Å². The first-order valence-electron chi connectivity index (χ1n) is 9.30. The van der Waals surface area contributed by atoms with Gasteiger partial charge in [0.25, 0.3) is 5.56 Å². The number of aryl methyl sites for hydroxylation is 1. The van der Waals surface area contributed by atoms with E-state index in [4.69, 9.17) is 0 Å². The molecule has 0 saturated heterocycles. The molecule has 1 heterocycles. The number of aliphatic hydroxyl groups is 1. The Bertz CT molecular complexity index is 964. The highest BCUT2D eigenvalue weighted by Gasteiger charge is 2.27. The molecule has 134 valence electrons. The molecule has 4 rings (SSSR count). The summed E-state index contributed by atoms with van der Waals surface area (Å²) in [7, 11) is 0. The highest BCUT2D eigenvalue weighted by molar-refractivity contribution is 5.78. The second-order valence-electron chi connectivity index (χ2n) is 7.01. The predicted molar refractivity (Wildman–Crippen MR) is 104 cm³/mol. The molecule has 0 spiro atoms.